The Morgan fingerprint density at radius 3 is 2.91 bits per heavy atom. The molecule has 1 N–H and O–H groups in total. The molecule has 3 unspecified atom stereocenters. The largest absolute Gasteiger partial charge is 0.600 e. The molecule has 0 radical (unpaired) electrons. The summed E-state index contributed by atoms with van der Waals surface area (Å²) in [4.78, 5) is 4.95. The fourth-order valence-electron chi connectivity index (χ4n) is 0.648. The minimum atomic E-state index is -0.108. The number of nitrogens with one attached hydrogen (secondary N) is 1. The fourth-order valence-corrected chi connectivity index (χ4v) is 0.648. The number of rotatable bonds is 5. The molecule has 0 aliphatic carbocycles. The van der Waals surface area contributed by atoms with Gasteiger partial charge >= 0.3 is 0 Å². The van der Waals surface area contributed by atoms with Crippen LogP contribution in [-0.4, -0.2) is 25.4 Å². The third-order valence-corrected chi connectivity index (χ3v) is 1.83. The van der Waals surface area contributed by atoms with Gasteiger partial charge in [0.1, 0.15) is 18.8 Å². The van der Waals surface area contributed by atoms with Crippen LogP contribution in [0.15, 0.2) is 0 Å². The maximum absolute atomic E-state index is 11.0. The quantitative estimate of drug-likeness (QED) is 0.437. The van der Waals surface area contributed by atoms with E-state index in [0.717, 1.165) is 13.0 Å². The Bertz CT molecular complexity index is 116. The number of ether oxygens (including phenoxy) is 1. The van der Waals surface area contributed by atoms with Crippen molar-refractivity contribution in [2.45, 2.75) is 32.4 Å². The molecule has 1 heterocycles. The second-order valence-corrected chi connectivity index (χ2v) is 2.89. The van der Waals surface area contributed by atoms with Crippen LogP contribution in [0.1, 0.15) is 20.3 Å². The summed E-state index contributed by atoms with van der Waals surface area (Å²) < 4.78 is 4.90. The Morgan fingerprint density at radius 1 is 1.82 bits per heavy atom. The third kappa shape index (κ3) is 3.16. The molecule has 1 aliphatic rings. The van der Waals surface area contributed by atoms with Crippen LogP contribution in [0.25, 0.3) is 0 Å². The predicted molar refractivity (Wildman–Crippen MR) is 39.8 cm³/mol. The molecule has 0 aromatic carbocycles. The van der Waals surface area contributed by atoms with E-state index < -0.39 is 0 Å². The Hall–Kier alpha value is -0.160. The summed E-state index contributed by atoms with van der Waals surface area (Å²) in [6, 6.07) is 0.0220. The van der Waals surface area contributed by atoms with E-state index in [4.69, 9.17) is 9.57 Å². The number of hydrogen-bond donors (Lipinski definition) is 1. The topological polar surface area (TPSA) is 49.3 Å². The molecule has 0 aromatic heterocycles. The molecule has 0 amide bonds. The number of quaternary nitrogens is 1. The predicted octanol–water partition coefficient (Wildman–Crippen LogP) is -0.502. The molecule has 1 aliphatic heterocycles. The van der Waals surface area contributed by atoms with Crippen LogP contribution < -0.4 is 5.23 Å². The van der Waals surface area contributed by atoms with Gasteiger partial charge in [0, 0.05) is 0 Å². The fraction of sp³-hybridized carbons (Fsp3) is 1.00. The zero-order valence-electron chi connectivity index (χ0n) is 7.00. The van der Waals surface area contributed by atoms with E-state index in [1.165, 1.54) is 0 Å². The summed E-state index contributed by atoms with van der Waals surface area (Å²) in [6.07, 6.45) is 1.02. The van der Waals surface area contributed by atoms with E-state index in [1.807, 2.05) is 13.8 Å². The Balaban J connectivity index is 2.03. The Kier molecular flexibility index (Phi) is 3.26. The molecule has 4 heteroatoms. The van der Waals surface area contributed by atoms with Crippen LogP contribution >= 0.6 is 0 Å². The highest BCUT2D eigenvalue weighted by Crippen LogP contribution is 2.06. The SMILES string of the molecule is CCC(C)[NH+]([O-])OCC1CO1. The van der Waals surface area contributed by atoms with Gasteiger partial charge < -0.3 is 9.94 Å². The van der Waals surface area contributed by atoms with E-state index >= 15 is 0 Å². The van der Waals surface area contributed by atoms with Crippen molar-refractivity contribution in [1.82, 2.24) is 0 Å². The second-order valence-electron chi connectivity index (χ2n) is 2.89. The van der Waals surface area contributed by atoms with Crippen molar-refractivity contribution < 1.29 is 14.8 Å². The summed E-state index contributed by atoms with van der Waals surface area (Å²) in [6.45, 7) is 5.02. The normalized spacial score (nSPS) is 28.1. The summed E-state index contributed by atoms with van der Waals surface area (Å²) in [5.41, 5.74) is 0. The van der Waals surface area contributed by atoms with Crippen molar-refractivity contribution in [2.75, 3.05) is 13.2 Å². The van der Waals surface area contributed by atoms with Crippen molar-refractivity contribution in [3.8, 4) is 0 Å². The Morgan fingerprint density at radius 2 is 2.45 bits per heavy atom. The van der Waals surface area contributed by atoms with Gasteiger partial charge in [-0.15, -0.1) is 0 Å². The summed E-state index contributed by atoms with van der Waals surface area (Å²) in [7, 11) is 0. The molecule has 1 rings (SSSR count). The lowest BCUT2D eigenvalue weighted by Gasteiger charge is -2.24. The molecular weight excluding hydrogens is 146 g/mol. The van der Waals surface area contributed by atoms with Crippen molar-refractivity contribution in [1.29, 1.82) is 0 Å². The first-order valence-electron chi connectivity index (χ1n) is 4.02. The molecule has 4 nitrogen and oxygen atoms in total. The average molecular weight is 161 g/mol. The summed E-state index contributed by atoms with van der Waals surface area (Å²) in [5, 5.41) is 10.9. The molecule has 0 bridgehead atoms. The zero-order valence-corrected chi connectivity index (χ0v) is 7.00. The number of epoxide rings is 1. The first kappa shape index (κ1) is 8.93. The lowest BCUT2D eigenvalue weighted by atomic mass is 10.3. The van der Waals surface area contributed by atoms with E-state index in [1.54, 1.807) is 0 Å². The van der Waals surface area contributed by atoms with E-state index in [0.29, 0.717) is 6.61 Å². The zero-order chi connectivity index (χ0) is 8.27. The van der Waals surface area contributed by atoms with Crippen molar-refractivity contribution in [3.63, 3.8) is 0 Å². The summed E-state index contributed by atoms with van der Waals surface area (Å²) >= 11 is 0. The van der Waals surface area contributed by atoms with Crippen molar-refractivity contribution in [3.05, 3.63) is 5.21 Å². The van der Waals surface area contributed by atoms with Crippen molar-refractivity contribution in [2.24, 2.45) is 0 Å². The van der Waals surface area contributed by atoms with Crippen molar-refractivity contribution >= 4 is 0 Å². The van der Waals surface area contributed by atoms with Gasteiger partial charge in [-0.3, -0.25) is 0 Å². The van der Waals surface area contributed by atoms with Gasteiger partial charge in [0.25, 0.3) is 0 Å². The molecule has 0 aromatic rings. The van der Waals surface area contributed by atoms with Crippen LogP contribution in [0.2, 0.25) is 0 Å². The van der Waals surface area contributed by atoms with Gasteiger partial charge in [-0.25, -0.2) is 10.1 Å². The Labute approximate surface area is 66.6 Å². The molecule has 0 spiro atoms. The lowest BCUT2D eigenvalue weighted by molar-refractivity contribution is -1.07. The smallest absolute Gasteiger partial charge is 0.135 e. The number of hydroxylamine groups is 2. The van der Waals surface area contributed by atoms with Crippen LogP contribution in [-0.2, 0) is 9.57 Å². The van der Waals surface area contributed by atoms with Gasteiger partial charge in [0.05, 0.1) is 6.61 Å². The van der Waals surface area contributed by atoms with Gasteiger partial charge in [-0.05, 0) is 13.3 Å². The monoisotopic (exact) mass is 161 g/mol. The molecule has 0 saturated carbocycles. The van der Waals surface area contributed by atoms with Crippen LogP contribution in [0, 0.1) is 5.21 Å². The standard InChI is InChI=1S/C7H15NO3/c1-3-6(2)8(9)11-5-7-4-10-7/h6-8H,3-5H2,1-2H3. The first-order valence-corrected chi connectivity index (χ1v) is 4.02. The van der Waals surface area contributed by atoms with E-state index in [-0.39, 0.29) is 17.4 Å². The van der Waals surface area contributed by atoms with Gasteiger partial charge in [-0.1, -0.05) is 6.92 Å². The lowest BCUT2D eigenvalue weighted by Crippen LogP contribution is -3.10. The molecule has 66 valence electrons. The highest BCUT2D eigenvalue weighted by molar-refractivity contribution is 4.66. The highest BCUT2D eigenvalue weighted by atomic mass is 16.9. The van der Waals surface area contributed by atoms with E-state index in [2.05, 4.69) is 0 Å². The molecule has 1 saturated heterocycles. The minimum Gasteiger partial charge on any atom is -0.600 e. The summed E-state index contributed by atoms with van der Waals surface area (Å²) in [5.74, 6) is 0. The molecular formula is C7H15NO3. The highest BCUT2D eigenvalue weighted by Gasteiger charge is 2.24. The maximum Gasteiger partial charge on any atom is 0.135 e. The van der Waals surface area contributed by atoms with Crippen LogP contribution in [0.3, 0.4) is 0 Å². The van der Waals surface area contributed by atoms with E-state index in [9.17, 15) is 5.21 Å². The van der Waals surface area contributed by atoms with Crippen LogP contribution in [0.5, 0.6) is 0 Å². The van der Waals surface area contributed by atoms with Crippen LogP contribution in [0.4, 0.5) is 0 Å². The second kappa shape index (κ2) is 4.01. The van der Waals surface area contributed by atoms with Gasteiger partial charge in [-0.2, -0.15) is 0 Å². The molecule has 3 atom stereocenters. The number of hydrogen-bond acceptors (Lipinski definition) is 3. The average Bonchev–Trinajstić information content (AvgIpc) is 2.81. The minimum absolute atomic E-state index is 0.0220. The first-order chi connectivity index (χ1) is 5.24. The molecule has 11 heavy (non-hydrogen) atoms. The van der Waals surface area contributed by atoms with Gasteiger partial charge in [0.15, 0.2) is 0 Å². The maximum atomic E-state index is 11.0. The molecule has 1 fully saturated rings. The third-order valence-electron chi connectivity index (χ3n) is 1.83. The van der Waals surface area contributed by atoms with Gasteiger partial charge in [0.2, 0.25) is 0 Å².